The smallest absolute Gasteiger partial charge is 0.332 e. The molecule has 18 heavy (non-hydrogen) atoms. The van der Waals surface area contributed by atoms with Gasteiger partial charge in [0.2, 0.25) is 5.78 Å². The van der Waals surface area contributed by atoms with Crippen LogP contribution in [-0.4, -0.2) is 45.9 Å². The van der Waals surface area contributed by atoms with E-state index in [1.165, 1.54) is 0 Å². The van der Waals surface area contributed by atoms with Crippen LogP contribution in [0.15, 0.2) is 12.2 Å². The number of piperidine rings is 1. The van der Waals surface area contributed by atoms with Crippen molar-refractivity contribution in [2.75, 3.05) is 0 Å². The Morgan fingerprint density at radius 2 is 1.94 bits per heavy atom. The largest absolute Gasteiger partial charge is 0.480 e. The fourth-order valence-electron chi connectivity index (χ4n) is 1.87. The summed E-state index contributed by atoms with van der Waals surface area (Å²) in [6, 6.07) is -1.43. The normalized spacial score (nSPS) is 28.2. The quantitative estimate of drug-likeness (QED) is 0.488. The zero-order valence-electron chi connectivity index (χ0n) is 9.15. The minimum absolute atomic E-state index is 0.110. The Kier molecular flexibility index (Phi) is 3.80. The summed E-state index contributed by atoms with van der Waals surface area (Å²) in [6.07, 6.45) is -4.16. The number of carbonyl (C=O) groups excluding carboxylic acids is 1. The Labute approximate surface area is 100 Å². The highest BCUT2D eigenvalue weighted by Crippen LogP contribution is 2.29. The van der Waals surface area contributed by atoms with Crippen molar-refractivity contribution in [1.82, 2.24) is 5.32 Å². The van der Waals surface area contributed by atoms with Crippen molar-refractivity contribution >= 4 is 17.7 Å². The average molecular weight is 263 g/mol. The molecule has 100 valence electrons. The summed E-state index contributed by atoms with van der Waals surface area (Å²) in [5.74, 6) is -5.12. The SMILES string of the molecule is C=C1CC(C(=O)O)NC(C(=O)O)(C(=O)C(F)F)C1. The summed E-state index contributed by atoms with van der Waals surface area (Å²) in [4.78, 5) is 33.2. The molecule has 2 atom stereocenters. The Balaban J connectivity index is 3.18. The third-order valence-electron chi connectivity index (χ3n) is 2.71. The number of alkyl halides is 2. The van der Waals surface area contributed by atoms with Gasteiger partial charge in [0.1, 0.15) is 6.04 Å². The van der Waals surface area contributed by atoms with Crippen LogP contribution in [-0.2, 0) is 14.4 Å². The number of hydrogen-bond donors (Lipinski definition) is 3. The Morgan fingerprint density at radius 1 is 1.39 bits per heavy atom. The molecule has 1 aliphatic heterocycles. The molecular weight excluding hydrogens is 252 g/mol. The van der Waals surface area contributed by atoms with Crippen LogP contribution in [0.2, 0.25) is 0 Å². The van der Waals surface area contributed by atoms with E-state index in [0.717, 1.165) is 0 Å². The maximum Gasteiger partial charge on any atom is 0.332 e. The van der Waals surface area contributed by atoms with E-state index < -0.39 is 42.1 Å². The van der Waals surface area contributed by atoms with E-state index in [1.807, 2.05) is 5.32 Å². The number of rotatable bonds is 4. The summed E-state index contributed by atoms with van der Waals surface area (Å²) in [5.41, 5.74) is -2.50. The second-order valence-corrected chi connectivity index (χ2v) is 4.04. The number of carboxylic acid groups (broad SMARTS) is 2. The summed E-state index contributed by atoms with van der Waals surface area (Å²) in [6.45, 7) is 3.40. The van der Waals surface area contributed by atoms with Gasteiger partial charge in [-0.15, -0.1) is 0 Å². The molecule has 0 amide bonds. The summed E-state index contributed by atoms with van der Waals surface area (Å²) >= 11 is 0. The van der Waals surface area contributed by atoms with Crippen molar-refractivity contribution < 1.29 is 33.4 Å². The number of hydrogen-bond acceptors (Lipinski definition) is 4. The fraction of sp³-hybridized carbons (Fsp3) is 0.500. The molecule has 0 aromatic heterocycles. The van der Waals surface area contributed by atoms with Crippen molar-refractivity contribution in [3.05, 3.63) is 12.2 Å². The third kappa shape index (κ3) is 2.37. The molecule has 3 N–H and O–H groups in total. The van der Waals surface area contributed by atoms with Crippen molar-refractivity contribution in [3.8, 4) is 0 Å². The summed E-state index contributed by atoms with van der Waals surface area (Å²) < 4.78 is 24.9. The van der Waals surface area contributed by atoms with Gasteiger partial charge in [-0.25, -0.2) is 13.6 Å². The van der Waals surface area contributed by atoms with E-state index in [9.17, 15) is 23.2 Å². The molecule has 1 saturated heterocycles. The zero-order valence-corrected chi connectivity index (χ0v) is 9.15. The highest BCUT2D eigenvalue weighted by atomic mass is 19.3. The topological polar surface area (TPSA) is 104 Å². The van der Waals surface area contributed by atoms with Crippen LogP contribution in [0.4, 0.5) is 8.78 Å². The molecule has 6 nitrogen and oxygen atoms in total. The Morgan fingerprint density at radius 3 is 2.33 bits per heavy atom. The van der Waals surface area contributed by atoms with E-state index in [4.69, 9.17) is 10.2 Å². The van der Waals surface area contributed by atoms with Crippen molar-refractivity contribution in [2.45, 2.75) is 30.8 Å². The maximum atomic E-state index is 12.4. The molecule has 0 aromatic carbocycles. The van der Waals surface area contributed by atoms with Gasteiger partial charge in [-0.05, 0) is 6.42 Å². The molecule has 1 heterocycles. The summed E-state index contributed by atoms with van der Waals surface area (Å²) in [7, 11) is 0. The number of halogens is 2. The Hall–Kier alpha value is -1.83. The fourth-order valence-corrected chi connectivity index (χ4v) is 1.87. The van der Waals surface area contributed by atoms with Gasteiger partial charge < -0.3 is 10.2 Å². The van der Waals surface area contributed by atoms with Crippen molar-refractivity contribution in [1.29, 1.82) is 0 Å². The number of Topliss-reactive ketones (excluding diaryl/α,β-unsaturated/α-hetero) is 1. The molecule has 0 spiro atoms. The second-order valence-electron chi connectivity index (χ2n) is 4.04. The standard InChI is InChI=1S/C10H11F2NO5/c1-4-2-5(8(15)16)13-10(3-4,9(17)18)6(14)7(11)12/h5,7,13H,1-3H2,(H,15,16)(H,17,18). The molecule has 1 fully saturated rings. The first-order valence-corrected chi connectivity index (χ1v) is 4.93. The van der Waals surface area contributed by atoms with Crippen LogP contribution in [0.25, 0.3) is 0 Å². The molecule has 0 bridgehead atoms. The average Bonchev–Trinajstić information content (AvgIpc) is 2.26. The van der Waals surface area contributed by atoms with Gasteiger partial charge in [0, 0.05) is 6.42 Å². The number of ketones is 1. The van der Waals surface area contributed by atoms with E-state index in [-0.39, 0.29) is 12.0 Å². The monoisotopic (exact) mass is 263 g/mol. The van der Waals surface area contributed by atoms with E-state index in [0.29, 0.717) is 0 Å². The maximum absolute atomic E-state index is 12.4. The first-order chi connectivity index (χ1) is 8.20. The molecular formula is C10H11F2NO5. The number of aliphatic carboxylic acids is 2. The lowest BCUT2D eigenvalue weighted by Crippen LogP contribution is -2.66. The van der Waals surface area contributed by atoms with Gasteiger partial charge in [-0.2, -0.15) is 0 Å². The van der Waals surface area contributed by atoms with Gasteiger partial charge in [0.05, 0.1) is 0 Å². The van der Waals surface area contributed by atoms with Crippen molar-refractivity contribution in [2.24, 2.45) is 0 Å². The number of carbonyl (C=O) groups is 3. The second kappa shape index (κ2) is 4.81. The molecule has 0 aliphatic carbocycles. The molecule has 0 saturated carbocycles. The molecule has 0 aromatic rings. The Bertz CT molecular complexity index is 422. The molecule has 1 rings (SSSR count). The lowest BCUT2D eigenvalue weighted by Gasteiger charge is -2.37. The van der Waals surface area contributed by atoms with Crippen LogP contribution in [0.5, 0.6) is 0 Å². The highest BCUT2D eigenvalue weighted by molar-refractivity contribution is 6.10. The first kappa shape index (κ1) is 14.2. The highest BCUT2D eigenvalue weighted by Gasteiger charge is 2.54. The molecule has 0 radical (unpaired) electrons. The van der Waals surface area contributed by atoms with Crippen molar-refractivity contribution in [3.63, 3.8) is 0 Å². The number of carboxylic acids is 2. The van der Waals surface area contributed by atoms with Crippen LogP contribution < -0.4 is 5.32 Å². The van der Waals surface area contributed by atoms with E-state index in [1.54, 1.807) is 0 Å². The zero-order chi connectivity index (χ0) is 14.1. The van der Waals surface area contributed by atoms with Gasteiger partial charge in [0.25, 0.3) is 6.43 Å². The van der Waals surface area contributed by atoms with Crippen LogP contribution in [0, 0.1) is 0 Å². The minimum atomic E-state index is -3.51. The third-order valence-corrected chi connectivity index (χ3v) is 2.71. The van der Waals surface area contributed by atoms with E-state index >= 15 is 0 Å². The van der Waals surface area contributed by atoms with Gasteiger partial charge in [-0.1, -0.05) is 12.2 Å². The van der Waals surface area contributed by atoms with Crippen LogP contribution >= 0.6 is 0 Å². The van der Waals surface area contributed by atoms with Crippen LogP contribution in [0.3, 0.4) is 0 Å². The molecule has 1 aliphatic rings. The lowest BCUT2D eigenvalue weighted by atomic mass is 9.80. The van der Waals surface area contributed by atoms with Gasteiger partial charge in [0.15, 0.2) is 5.54 Å². The first-order valence-electron chi connectivity index (χ1n) is 4.93. The van der Waals surface area contributed by atoms with Gasteiger partial charge >= 0.3 is 11.9 Å². The minimum Gasteiger partial charge on any atom is -0.480 e. The lowest BCUT2D eigenvalue weighted by molar-refractivity contribution is -0.157. The summed E-state index contributed by atoms with van der Waals surface area (Å²) in [5, 5.41) is 19.8. The predicted octanol–water partition coefficient (Wildman–Crippen LogP) is 0.0368. The van der Waals surface area contributed by atoms with Crippen LogP contribution in [0.1, 0.15) is 12.8 Å². The molecule has 8 heteroatoms. The molecule has 2 unspecified atom stereocenters. The number of nitrogens with one attached hydrogen (secondary N) is 1. The van der Waals surface area contributed by atoms with Gasteiger partial charge in [-0.3, -0.25) is 14.9 Å². The predicted molar refractivity (Wildman–Crippen MR) is 54.3 cm³/mol. The van der Waals surface area contributed by atoms with E-state index in [2.05, 4.69) is 6.58 Å².